The Labute approximate surface area is 174 Å². The molecule has 0 spiro atoms. The van der Waals surface area contributed by atoms with Gasteiger partial charge < -0.3 is 16.8 Å². The van der Waals surface area contributed by atoms with Crippen LogP contribution in [-0.4, -0.2) is 29.7 Å². The highest BCUT2D eigenvalue weighted by molar-refractivity contribution is 6.35. The molecule has 4 rings (SSSR count). The van der Waals surface area contributed by atoms with E-state index in [1.807, 2.05) is 6.07 Å². The maximum atomic E-state index is 13.3. The van der Waals surface area contributed by atoms with Crippen LogP contribution in [0.4, 0.5) is 17.6 Å². The van der Waals surface area contributed by atoms with Crippen molar-refractivity contribution in [3.05, 3.63) is 57.4 Å². The highest BCUT2D eigenvalue weighted by Crippen LogP contribution is 2.26. The fraction of sp³-hybridized carbons (Fsp3) is 0.111. The molecular weight excluding hydrogens is 408 g/mol. The van der Waals surface area contributed by atoms with E-state index in [2.05, 4.69) is 30.5 Å². The number of benzene rings is 1. The van der Waals surface area contributed by atoms with Crippen molar-refractivity contribution in [3.8, 4) is 11.8 Å². The maximum Gasteiger partial charge on any atom is 0.267 e. The van der Waals surface area contributed by atoms with E-state index in [9.17, 15) is 10.1 Å². The van der Waals surface area contributed by atoms with Crippen molar-refractivity contribution in [1.29, 1.82) is 5.26 Å². The number of halogens is 1. The van der Waals surface area contributed by atoms with Gasteiger partial charge in [0.1, 0.15) is 23.3 Å². The lowest BCUT2D eigenvalue weighted by Crippen LogP contribution is -2.27. The van der Waals surface area contributed by atoms with Gasteiger partial charge >= 0.3 is 0 Å². The van der Waals surface area contributed by atoms with Gasteiger partial charge in [0.05, 0.1) is 33.9 Å². The first kappa shape index (κ1) is 19.2. The summed E-state index contributed by atoms with van der Waals surface area (Å²) in [6, 6.07) is 6.39. The molecule has 30 heavy (non-hydrogen) atoms. The fourth-order valence-corrected chi connectivity index (χ4v) is 3.34. The first-order valence-electron chi connectivity index (χ1n) is 8.70. The molecule has 0 aliphatic carbocycles. The molecule has 0 aliphatic heterocycles. The summed E-state index contributed by atoms with van der Waals surface area (Å²) in [6.45, 7) is 1.75. The van der Waals surface area contributed by atoms with Crippen LogP contribution in [0.5, 0.6) is 0 Å². The molecule has 0 radical (unpaired) electrons. The Morgan fingerprint density at radius 2 is 2.10 bits per heavy atom. The minimum Gasteiger partial charge on any atom is -0.382 e. The summed E-state index contributed by atoms with van der Waals surface area (Å²) in [4.78, 5) is 25.8. The summed E-state index contributed by atoms with van der Waals surface area (Å²) in [5.74, 6) is 0.335. The second kappa shape index (κ2) is 7.34. The number of fused-ring (bicyclic) bond motifs is 1. The highest BCUT2D eigenvalue weighted by atomic mass is 35.5. The number of hydrogen-bond donors (Lipinski definition) is 4. The van der Waals surface area contributed by atoms with Crippen molar-refractivity contribution in [2.75, 3.05) is 16.8 Å². The summed E-state index contributed by atoms with van der Waals surface area (Å²) < 4.78 is 1.38. The molecular formula is C18H15ClN10O. The lowest BCUT2D eigenvalue weighted by molar-refractivity contribution is 0.731. The Balaban J connectivity index is 1.92. The SMILES string of the molecule is C[C@H](Nc1nc(N)nc(N)c1C#N)c1nc2cccc(Cl)c2c(=O)n1-c1cn[nH]c1. The predicted octanol–water partition coefficient (Wildman–Crippen LogP) is 1.76. The zero-order chi connectivity index (χ0) is 21.4. The molecule has 6 N–H and O–H groups in total. The standard InChI is InChI=1S/C18H15ClN10O/c1-8(25-15-10(5-20)14(21)27-18(22)28-15)16-26-12-4-2-3-11(19)13(12)17(30)29(16)9-6-23-24-7-9/h2-4,6-8H,1H3,(H,23,24)(H5,21,22,25,27,28)/t8-/m0/s1. The van der Waals surface area contributed by atoms with E-state index in [1.54, 1.807) is 31.3 Å². The van der Waals surface area contributed by atoms with E-state index in [4.69, 9.17) is 23.1 Å². The molecule has 1 aromatic carbocycles. The summed E-state index contributed by atoms with van der Waals surface area (Å²) in [5.41, 5.74) is 12.0. The summed E-state index contributed by atoms with van der Waals surface area (Å²) in [5, 5.41) is 19.6. The van der Waals surface area contributed by atoms with Crippen molar-refractivity contribution < 1.29 is 0 Å². The van der Waals surface area contributed by atoms with Crippen LogP contribution in [0.1, 0.15) is 24.4 Å². The van der Waals surface area contributed by atoms with Gasteiger partial charge in [0.2, 0.25) is 5.95 Å². The number of nitrogen functional groups attached to an aromatic ring is 2. The zero-order valence-corrected chi connectivity index (χ0v) is 16.3. The molecule has 0 saturated heterocycles. The topological polar surface area (TPSA) is 177 Å². The van der Waals surface area contributed by atoms with Crippen molar-refractivity contribution in [3.63, 3.8) is 0 Å². The van der Waals surface area contributed by atoms with Gasteiger partial charge in [-0.05, 0) is 19.1 Å². The van der Waals surface area contributed by atoms with Crippen LogP contribution in [0.25, 0.3) is 16.6 Å². The minimum atomic E-state index is -0.586. The average molecular weight is 423 g/mol. The Hall–Kier alpha value is -4.17. The third-order valence-corrected chi connectivity index (χ3v) is 4.74. The molecule has 0 amide bonds. The van der Waals surface area contributed by atoms with Gasteiger partial charge in [-0.1, -0.05) is 17.7 Å². The Kier molecular flexibility index (Phi) is 4.69. The van der Waals surface area contributed by atoms with Crippen molar-refractivity contribution in [1.82, 2.24) is 29.7 Å². The van der Waals surface area contributed by atoms with Gasteiger partial charge in [-0.15, -0.1) is 0 Å². The Morgan fingerprint density at radius 3 is 2.80 bits per heavy atom. The largest absolute Gasteiger partial charge is 0.382 e. The van der Waals surface area contributed by atoms with E-state index < -0.39 is 6.04 Å². The molecule has 12 heteroatoms. The predicted molar refractivity (Wildman–Crippen MR) is 112 cm³/mol. The molecule has 0 bridgehead atoms. The summed E-state index contributed by atoms with van der Waals surface area (Å²) in [6.07, 6.45) is 3.05. The smallest absolute Gasteiger partial charge is 0.267 e. The van der Waals surface area contributed by atoms with Crippen LogP contribution in [0.15, 0.2) is 35.4 Å². The van der Waals surface area contributed by atoms with E-state index in [1.165, 1.54) is 10.8 Å². The lowest BCUT2D eigenvalue weighted by Gasteiger charge is -2.20. The number of hydrogen-bond acceptors (Lipinski definition) is 9. The number of nitrogens with one attached hydrogen (secondary N) is 2. The van der Waals surface area contributed by atoms with Gasteiger partial charge in [-0.3, -0.25) is 14.5 Å². The number of H-pyrrole nitrogens is 1. The third kappa shape index (κ3) is 3.15. The molecule has 0 unspecified atom stereocenters. The van der Waals surface area contributed by atoms with Gasteiger partial charge in [0, 0.05) is 6.20 Å². The second-order valence-corrected chi connectivity index (χ2v) is 6.78. The van der Waals surface area contributed by atoms with Crippen molar-refractivity contribution in [2.24, 2.45) is 0 Å². The number of nitrogens with two attached hydrogens (primary N) is 2. The molecule has 150 valence electrons. The number of nitriles is 1. The van der Waals surface area contributed by atoms with E-state index in [0.29, 0.717) is 17.0 Å². The molecule has 3 aromatic heterocycles. The van der Waals surface area contributed by atoms with Crippen LogP contribution >= 0.6 is 11.6 Å². The van der Waals surface area contributed by atoms with Crippen LogP contribution in [0, 0.1) is 11.3 Å². The normalized spacial score (nSPS) is 11.9. The maximum absolute atomic E-state index is 13.3. The molecule has 0 aliphatic rings. The van der Waals surface area contributed by atoms with E-state index in [0.717, 1.165) is 0 Å². The van der Waals surface area contributed by atoms with Gasteiger partial charge in [0.25, 0.3) is 5.56 Å². The van der Waals surface area contributed by atoms with Gasteiger partial charge in [-0.2, -0.15) is 20.3 Å². The molecule has 4 aromatic rings. The third-order valence-electron chi connectivity index (χ3n) is 4.42. The summed E-state index contributed by atoms with van der Waals surface area (Å²) >= 11 is 6.26. The van der Waals surface area contributed by atoms with E-state index in [-0.39, 0.29) is 39.1 Å². The molecule has 11 nitrogen and oxygen atoms in total. The number of rotatable bonds is 4. The van der Waals surface area contributed by atoms with Gasteiger partial charge in [-0.25, -0.2) is 4.98 Å². The zero-order valence-electron chi connectivity index (χ0n) is 15.6. The van der Waals surface area contributed by atoms with Crippen LogP contribution in [0.2, 0.25) is 5.02 Å². The number of aromatic amines is 1. The molecule has 0 saturated carbocycles. The quantitative estimate of drug-likeness (QED) is 0.381. The Morgan fingerprint density at radius 1 is 1.30 bits per heavy atom. The lowest BCUT2D eigenvalue weighted by atomic mass is 10.2. The molecule has 3 heterocycles. The first-order valence-corrected chi connectivity index (χ1v) is 9.08. The van der Waals surface area contributed by atoms with Gasteiger partial charge in [0.15, 0.2) is 5.82 Å². The number of anilines is 3. The van der Waals surface area contributed by atoms with Crippen molar-refractivity contribution >= 4 is 40.1 Å². The van der Waals surface area contributed by atoms with E-state index >= 15 is 0 Å². The first-order chi connectivity index (χ1) is 14.4. The highest BCUT2D eigenvalue weighted by Gasteiger charge is 2.22. The fourth-order valence-electron chi connectivity index (χ4n) is 3.09. The number of aromatic nitrogens is 6. The monoisotopic (exact) mass is 422 g/mol. The van der Waals surface area contributed by atoms with Crippen LogP contribution < -0.4 is 22.3 Å². The molecule has 1 atom stereocenters. The van der Waals surface area contributed by atoms with Crippen LogP contribution in [-0.2, 0) is 0 Å². The second-order valence-electron chi connectivity index (χ2n) is 6.37. The van der Waals surface area contributed by atoms with Crippen LogP contribution in [0.3, 0.4) is 0 Å². The Bertz CT molecular complexity index is 1360. The number of nitrogens with zero attached hydrogens (tertiary/aromatic N) is 6. The van der Waals surface area contributed by atoms with Crippen molar-refractivity contribution in [2.45, 2.75) is 13.0 Å². The summed E-state index contributed by atoms with van der Waals surface area (Å²) in [7, 11) is 0. The minimum absolute atomic E-state index is 0.0390. The molecule has 0 fully saturated rings. The average Bonchev–Trinajstić information content (AvgIpc) is 3.21.